The molecule has 8 nitrogen and oxygen atoms in total. The van der Waals surface area contributed by atoms with E-state index in [-0.39, 0.29) is 42.7 Å². The van der Waals surface area contributed by atoms with Gasteiger partial charge in [-0.1, -0.05) is 52.9 Å². The van der Waals surface area contributed by atoms with Gasteiger partial charge >= 0.3 is 21.1 Å². The van der Waals surface area contributed by atoms with Crippen LogP contribution in [0.2, 0.25) is 0 Å². The van der Waals surface area contributed by atoms with Crippen LogP contribution >= 0.6 is 0 Å². The van der Waals surface area contributed by atoms with Crippen LogP contribution in [0.15, 0.2) is 37.2 Å². The van der Waals surface area contributed by atoms with Crippen LogP contribution in [-0.4, -0.2) is 30.1 Å². The van der Waals surface area contributed by atoms with Crippen LogP contribution in [0.1, 0.15) is 102 Å². The molecule has 204 valence electrons. The van der Waals surface area contributed by atoms with E-state index >= 15 is 0 Å². The Labute approximate surface area is 243 Å². The molecule has 39 heavy (non-hydrogen) atoms. The second-order valence-corrected chi connectivity index (χ2v) is 13.1. The fraction of sp³-hybridized carbons (Fsp3) is 0.533. The number of hydrogen-bond acceptors (Lipinski definition) is 6. The fourth-order valence-corrected chi connectivity index (χ4v) is 8.21. The van der Waals surface area contributed by atoms with E-state index in [0.29, 0.717) is 11.8 Å². The summed E-state index contributed by atoms with van der Waals surface area (Å²) in [5, 5.41) is 17.9. The summed E-state index contributed by atoms with van der Waals surface area (Å²) in [6, 6.07) is 3.84. The van der Waals surface area contributed by atoms with Gasteiger partial charge in [0.1, 0.15) is 12.7 Å². The van der Waals surface area contributed by atoms with E-state index in [1.54, 1.807) is 25.0 Å². The van der Waals surface area contributed by atoms with E-state index in [1.165, 1.54) is 48.2 Å². The van der Waals surface area contributed by atoms with Crippen LogP contribution in [0.5, 0.6) is 0 Å². The van der Waals surface area contributed by atoms with Gasteiger partial charge in [0.25, 0.3) is 0 Å². The molecule has 4 bridgehead atoms. The maximum absolute atomic E-state index is 4.51. The molecule has 0 spiro atoms. The first-order valence-electron chi connectivity index (χ1n) is 13.7. The number of rotatable bonds is 2. The average Bonchev–Trinajstić information content (AvgIpc) is 3.70. The van der Waals surface area contributed by atoms with Crippen LogP contribution in [0, 0.1) is 10.8 Å². The van der Waals surface area contributed by atoms with Crippen molar-refractivity contribution in [2.75, 3.05) is 0 Å². The van der Waals surface area contributed by atoms with Crippen molar-refractivity contribution in [3.8, 4) is 22.8 Å². The zero-order chi connectivity index (χ0) is 26.5. The molecule has 4 atom stereocenters. The van der Waals surface area contributed by atoms with E-state index < -0.39 is 0 Å². The molecule has 0 saturated heterocycles. The number of hydrogen-bond donors (Lipinski definition) is 0. The molecule has 4 unspecified atom stereocenters. The summed E-state index contributed by atoms with van der Waals surface area (Å²) in [6.07, 6.45) is 11.6. The molecule has 0 amide bonds. The molecule has 0 aliphatic heterocycles. The first kappa shape index (κ1) is 26.5. The SMILES string of the molecule is CC12CCC(c3c1n[n-]c3-c1ccncn1)C2(C)C.CC12CCC(c3c1n[n-]c3-c1ccncn1)C2(C)C.[Pt+2]. The molecular weight excluding hydrogens is 667 g/mol. The second kappa shape index (κ2) is 8.63. The standard InChI is InChI=1S/2C15H17N4.Pt/c2*1-14(2)9-4-6-15(14,3)13-11(9)12(18-19-13)10-5-7-16-8-17-10;/h2*5,7-9H,4,6H2,1-3H3;/q2*-1;+2. The second-order valence-electron chi connectivity index (χ2n) is 13.1. The minimum absolute atomic E-state index is 0. The van der Waals surface area contributed by atoms with E-state index in [2.05, 4.69) is 81.9 Å². The Hall–Kier alpha value is -2.73. The van der Waals surface area contributed by atoms with Gasteiger partial charge in [-0.05, 0) is 71.6 Å². The van der Waals surface area contributed by atoms with E-state index in [0.717, 1.165) is 22.8 Å². The summed E-state index contributed by atoms with van der Waals surface area (Å²) in [5.41, 5.74) is 9.74. The van der Waals surface area contributed by atoms with Gasteiger partial charge in [-0.3, -0.25) is 0 Å². The summed E-state index contributed by atoms with van der Waals surface area (Å²) < 4.78 is 0. The van der Waals surface area contributed by atoms with E-state index in [4.69, 9.17) is 0 Å². The molecule has 9 heteroatoms. The Bertz CT molecular complexity index is 1410. The van der Waals surface area contributed by atoms with Gasteiger partial charge in [0.2, 0.25) is 0 Å². The van der Waals surface area contributed by atoms with Gasteiger partial charge in [-0.25, -0.2) is 19.9 Å². The van der Waals surface area contributed by atoms with Crippen molar-refractivity contribution in [3.63, 3.8) is 0 Å². The van der Waals surface area contributed by atoms with E-state index in [9.17, 15) is 0 Å². The Morgan fingerprint density at radius 1 is 0.667 bits per heavy atom. The smallest absolute Gasteiger partial charge is 0.573 e. The molecule has 4 aliphatic carbocycles. The maximum atomic E-state index is 4.51. The minimum Gasteiger partial charge on any atom is -0.573 e. The van der Waals surface area contributed by atoms with Crippen LogP contribution in [0.25, 0.3) is 22.8 Å². The maximum Gasteiger partial charge on any atom is 2.00 e. The summed E-state index contributed by atoms with van der Waals surface area (Å²) in [7, 11) is 0. The molecule has 0 N–H and O–H groups in total. The third-order valence-corrected chi connectivity index (χ3v) is 11.4. The molecule has 4 aromatic rings. The summed E-state index contributed by atoms with van der Waals surface area (Å²) >= 11 is 0. The van der Waals surface area contributed by atoms with Crippen molar-refractivity contribution in [2.45, 2.75) is 89.9 Å². The van der Waals surface area contributed by atoms with Crippen molar-refractivity contribution in [1.29, 1.82) is 0 Å². The van der Waals surface area contributed by atoms with Gasteiger partial charge in [-0.2, -0.15) is 0 Å². The third kappa shape index (κ3) is 3.27. The zero-order valence-corrected chi connectivity index (χ0v) is 25.6. The van der Waals surface area contributed by atoms with Gasteiger partial charge in [0.05, 0.1) is 11.4 Å². The summed E-state index contributed by atoms with van der Waals surface area (Å²) in [6.45, 7) is 14.2. The Balaban J connectivity index is 0.000000138. The van der Waals surface area contributed by atoms with Gasteiger partial charge in [-0.15, -0.1) is 0 Å². The largest absolute Gasteiger partial charge is 2.00 e. The topological polar surface area (TPSA) is 106 Å². The fourth-order valence-electron chi connectivity index (χ4n) is 8.21. The van der Waals surface area contributed by atoms with Crippen molar-refractivity contribution >= 4 is 0 Å². The number of fused-ring (bicyclic) bond motifs is 10. The monoisotopic (exact) mass is 701 g/mol. The Morgan fingerprint density at radius 2 is 1.08 bits per heavy atom. The molecule has 0 radical (unpaired) electrons. The first-order valence-corrected chi connectivity index (χ1v) is 13.7. The Morgan fingerprint density at radius 3 is 1.44 bits per heavy atom. The molecule has 8 rings (SSSR count). The summed E-state index contributed by atoms with van der Waals surface area (Å²) in [4.78, 5) is 16.6. The molecule has 4 aliphatic rings. The van der Waals surface area contributed by atoms with Crippen molar-refractivity contribution < 1.29 is 21.1 Å². The predicted octanol–water partition coefficient (Wildman–Crippen LogP) is 5.34. The Kier molecular flexibility index (Phi) is 5.86. The molecular formula is C30H34N8Pt. The molecule has 4 aromatic heterocycles. The average molecular weight is 702 g/mol. The predicted molar refractivity (Wildman–Crippen MR) is 143 cm³/mol. The van der Waals surface area contributed by atoms with Gasteiger partial charge in [0.15, 0.2) is 0 Å². The van der Waals surface area contributed by atoms with Crippen molar-refractivity contribution in [1.82, 2.24) is 40.3 Å². The molecule has 4 heterocycles. The normalized spacial score (nSPS) is 29.8. The van der Waals surface area contributed by atoms with Crippen LogP contribution in [-0.2, 0) is 31.9 Å². The van der Waals surface area contributed by atoms with Crippen LogP contribution in [0.4, 0.5) is 0 Å². The van der Waals surface area contributed by atoms with Crippen molar-refractivity contribution in [3.05, 3.63) is 59.7 Å². The third-order valence-electron chi connectivity index (χ3n) is 11.4. The first-order chi connectivity index (χ1) is 18.1. The number of nitrogens with zero attached hydrogens (tertiary/aromatic N) is 8. The van der Waals surface area contributed by atoms with Gasteiger partial charge in [0, 0.05) is 34.6 Å². The van der Waals surface area contributed by atoms with Crippen LogP contribution < -0.4 is 10.2 Å². The number of aromatic nitrogens is 8. The quantitative estimate of drug-likeness (QED) is 0.276. The molecule has 2 fully saturated rings. The molecule has 2 saturated carbocycles. The van der Waals surface area contributed by atoms with Crippen molar-refractivity contribution in [2.24, 2.45) is 10.8 Å². The van der Waals surface area contributed by atoms with Crippen LogP contribution in [0.3, 0.4) is 0 Å². The summed E-state index contributed by atoms with van der Waals surface area (Å²) in [5.74, 6) is 1.12. The molecule has 0 aromatic carbocycles. The van der Waals surface area contributed by atoms with E-state index in [1.807, 2.05) is 12.1 Å². The van der Waals surface area contributed by atoms with Gasteiger partial charge < -0.3 is 20.4 Å². The minimum atomic E-state index is 0. The zero-order valence-electron chi connectivity index (χ0n) is 23.3.